The Hall–Kier alpha value is -0.880. The van der Waals surface area contributed by atoms with Gasteiger partial charge in [-0.1, -0.05) is 16.9 Å². The number of aromatic nitrogens is 1. The maximum atomic E-state index is 10.1. The monoisotopic (exact) mass is 244 g/mol. The molecular weight excluding hydrogens is 232 g/mol. The molecule has 0 saturated heterocycles. The molecule has 0 aromatic carbocycles. The predicted molar refractivity (Wildman–Crippen MR) is 63.2 cm³/mol. The molecule has 2 N–H and O–H groups in total. The lowest BCUT2D eigenvalue weighted by Crippen LogP contribution is -2.22. The lowest BCUT2D eigenvalue weighted by Gasteiger charge is -2.00. The summed E-state index contributed by atoms with van der Waals surface area (Å²) in [5.74, 6) is 0.904. The van der Waals surface area contributed by atoms with Crippen molar-refractivity contribution in [1.29, 1.82) is 0 Å². The smallest absolute Gasteiger partial charge is 0.404 e. The highest BCUT2D eigenvalue weighted by molar-refractivity contribution is 8.76. The van der Waals surface area contributed by atoms with Crippen molar-refractivity contribution in [3.05, 3.63) is 24.4 Å². The lowest BCUT2D eigenvalue weighted by molar-refractivity contribution is 0.194. The first-order valence-corrected chi connectivity index (χ1v) is 6.78. The zero-order valence-electron chi connectivity index (χ0n) is 8.05. The topological polar surface area (TPSA) is 62.2 Å². The van der Waals surface area contributed by atoms with E-state index in [2.05, 4.69) is 10.3 Å². The first-order chi connectivity index (χ1) is 7.29. The number of carboxylic acid groups (broad SMARTS) is 1. The fourth-order valence-electron chi connectivity index (χ4n) is 0.825. The number of amides is 1. The molecule has 0 spiro atoms. The van der Waals surface area contributed by atoms with E-state index in [0.717, 1.165) is 17.2 Å². The molecule has 0 aliphatic carbocycles. The molecule has 0 aliphatic heterocycles. The van der Waals surface area contributed by atoms with E-state index in [-0.39, 0.29) is 0 Å². The maximum absolute atomic E-state index is 10.1. The van der Waals surface area contributed by atoms with Crippen molar-refractivity contribution in [2.24, 2.45) is 0 Å². The molecule has 1 aromatic rings. The van der Waals surface area contributed by atoms with Gasteiger partial charge in [-0.3, -0.25) is 0 Å². The summed E-state index contributed by atoms with van der Waals surface area (Å²) >= 11 is 0. The Kier molecular flexibility index (Phi) is 6.03. The Bertz CT molecular complexity index is 295. The van der Waals surface area contributed by atoms with Gasteiger partial charge >= 0.3 is 6.09 Å². The summed E-state index contributed by atoms with van der Waals surface area (Å²) in [5.41, 5.74) is 0. The molecule has 0 aliphatic rings. The van der Waals surface area contributed by atoms with Crippen molar-refractivity contribution in [3.63, 3.8) is 0 Å². The van der Waals surface area contributed by atoms with E-state index in [1.54, 1.807) is 27.8 Å². The van der Waals surface area contributed by atoms with Crippen molar-refractivity contribution in [2.75, 3.05) is 12.3 Å². The van der Waals surface area contributed by atoms with Gasteiger partial charge in [0.05, 0.1) is 0 Å². The third-order valence-electron chi connectivity index (χ3n) is 1.46. The minimum atomic E-state index is -0.961. The standard InChI is InChI=1S/C9H12N2O2S2/c12-9(13)11-6-3-7-14-15-8-4-1-2-5-10-8/h1-2,4-5,11H,3,6-7H2,(H,12,13). The summed E-state index contributed by atoms with van der Waals surface area (Å²) in [4.78, 5) is 14.3. The number of rotatable bonds is 6. The van der Waals surface area contributed by atoms with Crippen LogP contribution in [-0.4, -0.2) is 28.5 Å². The molecule has 6 heteroatoms. The molecule has 1 rings (SSSR count). The molecule has 0 bridgehead atoms. The molecule has 0 saturated carbocycles. The first kappa shape index (κ1) is 12.2. The van der Waals surface area contributed by atoms with Gasteiger partial charge in [0.1, 0.15) is 5.03 Å². The lowest BCUT2D eigenvalue weighted by atomic mass is 10.5. The highest BCUT2D eigenvalue weighted by Gasteiger charge is 1.96. The summed E-state index contributed by atoms with van der Waals surface area (Å²) in [6.07, 6.45) is 1.63. The van der Waals surface area contributed by atoms with Crippen LogP contribution in [-0.2, 0) is 0 Å². The van der Waals surface area contributed by atoms with Crippen molar-refractivity contribution < 1.29 is 9.90 Å². The number of nitrogens with one attached hydrogen (secondary N) is 1. The second kappa shape index (κ2) is 7.42. The van der Waals surface area contributed by atoms with Gasteiger partial charge < -0.3 is 10.4 Å². The average Bonchev–Trinajstić information content (AvgIpc) is 2.24. The van der Waals surface area contributed by atoms with Crippen LogP contribution in [0.25, 0.3) is 0 Å². The van der Waals surface area contributed by atoms with E-state index in [0.29, 0.717) is 6.54 Å². The molecule has 1 aromatic heterocycles. The van der Waals surface area contributed by atoms with Crippen LogP contribution in [0.15, 0.2) is 29.4 Å². The highest BCUT2D eigenvalue weighted by Crippen LogP contribution is 2.28. The zero-order valence-corrected chi connectivity index (χ0v) is 9.68. The molecule has 0 radical (unpaired) electrons. The average molecular weight is 244 g/mol. The third-order valence-corrected chi connectivity index (χ3v) is 3.81. The van der Waals surface area contributed by atoms with Crippen LogP contribution in [0.2, 0.25) is 0 Å². The predicted octanol–water partition coefficient (Wildman–Crippen LogP) is 2.48. The van der Waals surface area contributed by atoms with Crippen molar-refractivity contribution in [1.82, 2.24) is 10.3 Å². The van der Waals surface area contributed by atoms with Crippen LogP contribution in [0.4, 0.5) is 4.79 Å². The van der Waals surface area contributed by atoms with E-state index in [1.807, 2.05) is 18.2 Å². The largest absolute Gasteiger partial charge is 0.465 e. The van der Waals surface area contributed by atoms with E-state index in [4.69, 9.17) is 5.11 Å². The second-order valence-corrected chi connectivity index (χ2v) is 5.09. The van der Waals surface area contributed by atoms with Crippen molar-refractivity contribution in [2.45, 2.75) is 11.4 Å². The minimum Gasteiger partial charge on any atom is -0.465 e. The van der Waals surface area contributed by atoms with Gasteiger partial charge in [-0.25, -0.2) is 9.78 Å². The van der Waals surface area contributed by atoms with Crippen LogP contribution >= 0.6 is 21.6 Å². The van der Waals surface area contributed by atoms with Crippen molar-refractivity contribution >= 4 is 27.7 Å². The Balaban J connectivity index is 2.00. The Morgan fingerprint density at radius 3 is 3.07 bits per heavy atom. The fourth-order valence-corrected chi connectivity index (χ4v) is 2.79. The molecule has 0 fully saturated rings. The summed E-state index contributed by atoms with van der Waals surface area (Å²) in [6.45, 7) is 0.505. The number of carbonyl (C=O) groups is 1. The first-order valence-electron chi connectivity index (χ1n) is 4.46. The summed E-state index contributed by atoms with van der Waals surface area (Å²) in [7, 11) is 3.29. The Morgan fingerprint density at radius 2 is 2.40 bits per heavy atom. The quantitative estimate of drug-likeness (QED) is 0.594. The van der Waals surface area contributed by atoms with Crippen molar-refractivity contribution in [3.8, 4) is 0 Å². The van der Waals surface area contributed by atoms with Gasteiger partial charge in [0.2, 0.25) is 0 Å². The van der Waals surface area contributed by atoms with Crippen LogP contribution in [0.3, 0.4) is 0 Å². The second-order valence-electron chi connectivity index (χ2n) is 2.66. The van der Waals surface area contributed by atoms with Crippen LogP contribution < -0.4 is 5.32 Å². The molecular formula is C9H12N2O2S2. The van der Waals surface area contributed by atoms with Gasteiger partial charge in [0.15, 0.2) is 0 Å². The summed E-state index contributed by atoms with van der Waals surface area (Å²) in [5, 5.41) is 11.6. The number of hydrogen-bond acceptors (Lipinski definition) is 4. The Labute approximate surface area is 96.3 Å². The third kappa shape index (κ3) is 6.24. The molecule has 0 atom stereocenters. The van der Waals surface area contributed by atoms with Gasteiger partial charge in [0.25, 0.3) is 0 Å². The van der Waals surface area contributed by atoms with E-state index >= 15 is 0 Å². The minimum absolute atomic E-state index is 0.505. The summed E-state index contributed by atoms with van der Waals surface area (Å²) in [6, 6.07) is 5.78. The van der Waals surface area contributed by atoms with Gasteiger partial charge in [-0.05, 0) is 29.3 Å². The summed E-state index contributed by atoms with van der Waals surface area (Å²) < 4.78 is 0. The molecule has 0 unspecified atom stereocenters. The highest BCUT2D eigenvalue weighted by atomic mass is 33.1. The maximum Gasteiger partial charge on any atom is 0.404 e. The molecule has 15 heavy (non-hydrogen) atoms. The normalized spacial score (nSPS) is 9.87. The molecule has 82 valence electrons. The van der Waals surface area contributed by atoms with Gasteiger partial charge in [0, 0.05) is 18.5 Å². The van der Waals surface area contributed by atoms with Gasteiger partial charge in [-0.15, -0.1) is 0 Å². The fraction of sp³-hybridized carbons (Fsp3) is 0.333. The molecule has 4 nitrogen and oxygen atoms in total. The molecule has 1 heterocycles. The number of nitrogens with zero attached hydrogens (tertiary/aromatic N) is 1. The molecule has 1 amide bonds. The van der Waals surface area contributed by atoms with Gasteiger partial charge in [-0.2, -0.15) is 0 Å². The number of hydrogen-bond donors (Lipinski definition) is 2. The SMILES string of the molecule is O=C(O)NCCCSSc1ccccn1. The number of pyridine rings is 1. The van der Waals surface area contributed by atoms with Crippen LogP contribution in [0, 0.1) is 0 Å². The van der Waals surface area contributed by atoms with E-state index < -0.39 is 6.09 Å². The zero-order chi connectivity index (χ0) is 10.9. The van der Waals surface area contributed by atoms with E-state index in [9.17, 15) is 4.79 Å². The van der Waals surface area contributed by atoms with Crippen LogP contribution in [0.5, 0.6) is 0 Å². The van der Waals surface area contributed by atoms with E-state index in [1.165, 1.54) is 0 Å². The van der Waals surface area contributed by atoms with Crippen LogP contribution in [0.1, 0.15) is 6.42 Å². The Morgan fingerprint density at radius 1 is 1.53 bits per heavy atom.